The Kier molecular flexibility index (Phi) is 18.6. The van der Waals surface area contributed by atoms with Gasteiger partial charge in [-0.05, 0) is 68.9 Å². The van der Waals surface area contributed by atoms with Gasteiger partial charge in [-0.2, -0.15) is 4.31 Å². The molecule has 2 heterocycles. The van der Waals surface area contributed by atoms with Crippen molar-refractivity contribution in [1.29, 1.82) is 0 Å². The van der Waals surface area contributed by atoms with Crippen LogP contribution in [0.5, 0.6) is 17.2 Å². The number of benzene rings is 2. The Labute approximate surface area is 352 Å². The predicted molar refractivity (Wildman–Crippen MR) is 216 cm³/mol. The number of carbonyl (C=O) groups is 3. The molecule has 0 aliphatic carbocycles. The molecule has 2 saturated heterocycles. The van der Waals surface area contributed by atoms with E-state index in [9.17, 15) is 32.5 Å². The highest BCUT2D eigenvalue weighted by Gasteiger charge is 2.44. The molecule has 2 aliphatic heterocycles. The van der Waals surface area contributed by atoms with Crippen molar-refractivity contribution >= 4 is 35.7 Å². The van der Waals surface area contributed by atoms with Crippen LogP contribution in [0.4, 0.5) is 4.79 Å². The zero-order chi connectivity index (χ0) is 44.0. The fourth-order valence-corrected chi connectivity index (χ4v) is 9.60. The number of amides is 1. The normalized spacial score (nSPS) is 20.1. The van der Waals surface area contributed by atoms with Crippen molar-refractivity contribution in [3.05, 3.63) is 48.0 Å². The van der Waals surface area contributed by atoms with Crippen molar-refractivity contribution in [3.63, 3.8) is 0 Å². The number of aliphatic hydroxyl groups excluding tert-OH is 1. The van der Waals surface area contributed by atoms with E-state index in [0.29, 0.717) is 25.0 Å². The highest BCUT2D eigenvalue weighted by atomic mass is 32.2. The van der Waals surface area contributed by atoms with Crippen molar-refractivity contribution in [2.75, 3.05) is 53.0 Å². The number of sulfonamides is 1. The molecule has 2 fully saturated rings. The molecule has 0 bridgehead atoms. The summed E-state index contributed by atoms with van der Waals surface area (Å²) in [6, 6.07) is 9.26. The van der Waals surface area contributed by atoms with Crippen LogP contribution in [0.3, 0.4) is 0 Å². The third-order valence-corrected chi connectivity index (χ3v) is 13.0. The van der Waals surface area contributed by atoms with Gasteiger partial charge in [0.25, 0.3) is 0 Å². The molecular formula is C40H59N2O16PS. The Morgan fingerprint density at radius 3 is 2.42 bits per heavy atom. The number of methoxy groups -OCH3 is 1. The number of alkyl carbamates (subject to hydrolysis) is 1. The molecule has 336 valence electrons. The van der Waals surface area contributed by atoms with Crippen LogP contribution in [0.1, 0.15) is 66.4 Å². The van der Waals surface area contributed by atoms with Crippen LogP contribution in [0.15, 0.2) is 47.4 Å². The molecule has 0 spiro atoms. The lowest BCUT2D eigenvalue weighted by Crippen LogP contribution is -2.51. The van der Waals surface area contributed by atoms with Crippen LogP contribution in [-0.2, 0) is 58.6 Å². The summed E-state index contributed by atoms with van der Waals surface area (Å²) >= 11 is 0. The summed E-state index contributed by atoms with van der Waals surface area (Å²) in [7, 11) is -6.89. The molecular weight excluding hydrogens is 827 g/mol. The van der Waals surface area contributed by atoms with Gasteiger partial charge in [-0.3, -0.25) is 13.9 Å². The van der Waals surface area contributed by atoms with E-state index in [1.165, 1.54) is 39.2 Å². The summed E-state index contributed by atoms with van der Waals surface area (Å²) in [6.07, 6.45) is -2.99. The third kappa shape index (κ3) is 14.1. The summed E-state index contributed by atoms with van der Waals surface area (Å²) in [5.41, 5.74) is 0.606. The maximum Gasteiger partial charge on any atom is 0.407 e. The van der Waals surface area contributed by atoms with Gasteiger partial charge in [0.15, 0.2) is 30.2 Å². The lowest BCUT2D eigenvalue weighted by atomic mass is 10.0. The lowest BCUT2D eigenvalue weighted by molar-refractivity contribution is -0.151. The first-order valence-corrected chi connectivity index (χ1v) is 23.2. The summed E-state index contributed by atoms with van der Waals surface area (Å²) < 4.78 is 92.3. The lowest BCUT2D eigenvalue weighted by Gasteiger charge is -2.31. The van der Waals surface area contributed by atoms with Crippen molar-refractivity contribution in [1.82, 2.24) is 9.62 Å². The molecule has 18 nitrogen and oxygen atoms in total. The molecule has 20 heteroatoms. The molecule has 2 aromatic carbocycles. The number of ether oxygens (including phenoxy) is 7. The molecule has 60 heavy (non-hydrogen) atoms. The molecule has 2 aromatic rings. The fraction of sp³-hybridized carbons (Fsp3) is 0.625. The average Bonchev–Trinajstić information content (AvgIpc) is 3.82. The first kappa shape index (κ1) is 48.9. The van der Waals surface area contributed by atoms with Gasteiger partial charge in [0.1, 0.15) is 11.9 Å². The van der Waals surface area contributed by atoms with Gasteiger partial charge in [0.05, 0.1) is 56.5 Å². The number of aliphatic hydroxyl groups is 1. The van der Waals surface area contributed by atoms with Crippen LogP contribution in [0.25, 0.3) is 0 Å². The topological polar surface area (TPSA) is 221 Å². The second kappa shape index (κ2) is 22.9. The standard InChI is InChI=1S/C40H59N2O16PS/c1-8-10-18-55-59(47,58-27(5)38(45)51-9-2)25-54-30-13-11-29(12-14-30)20-33(41-40(46)57-37-24-53-39-32(37)17-19-52-39)34(44)23-42(22-26(3)4)60(48,49)31-15-16-35(50-7)36(21-31)56-28(6)43/h11-16,21,26-27,32-34,37,39,44H,8-10,17-20,22-25H2,1-7H3,(H,41,46)/t27-,32-,33-,34+,37-,39+,59?/m0/s1. The van der Waals surface area contributed by atoms with Gasteiger partial charge in [0.2, 0.25) is 10.0 Å². The van der Waals surface area contributed by atoms with Gasteiger partial charge in [-0.25, -0.2) is 18.0 Å². The van der Waals surface area contributed by atoms with Crippen LogP contribution < -0.4 is 19.5 Å². The van der Waals surface area contributed by atoms with Gasteiger partial charge >= 0.3 is 25.6 Å². The third-order valence-electron chi connectivity index (χ3n) is 9.49. The van der Waals surface area contributed by atoms with E-state index in [-0.39, 0.29) is 66.8 Å². The Balaban J connectivity index is 1.55. The number of carbonyl (C=O) groups excluding carboxylic acids is 3. The van der Waals surface area contributed by atoms with E-state index in [0.717, 1.165) is 10.7 Å². The molecule has 2 N–H and O–H groups in total. The molecule has 0 radical (unpaired) electrons. The van der Waals surface area contributed by atoms with E-state index in [1.54, 1.807) is 31.2 Å². The largest absolute Gasteiger partial charge is 0.493 e. The van der Waals surface area contributed by atoms with Gasteiger partial charge < -0.3 is 48.1 Å². The minimum atomic E-state index is -4.32. The number of esters is 2. The summed E-state index contributed by atoms with van der Waals surface area (Å²) in [5, 5.41) is 14.6. The number of fused-ring (bicyclic) bond motifs is 1. The number of hydrogen-bond donors (Lipinski definition) is 2. The van der Waals surface area contributed by atoms with Crippen molar-refractivity contribution in [3.8, 4) is 17.2 Å². The highest BCUT2D eigenvalue weighted by molar-refractivity contribution is 7.89. The number of rotatable bonds is 24. The molecule has 1 amide bonds. The average molecular weight is 887 g/mol. The maximum absolute atomic E-state index is 14.2. The van der Waals surface area contributed by atoms with Gasteiger partial charge in [-0.1, -0.05) is 39.3 Å². The SMILES string of the molecule is CCCCOP(=O)(COc1ccc(C[C@H](NC(=O)O[C@H]2CO[C@H]3OCC[C@H]32)[C@H](O)CN(CC(C)C)S(=O)(=O)c2ccc(OC)c(OC(C)=O)c2)cc1)O[C@@H](C)C(=O)OCC. The first-order valence-electron chi connectivity index (χ1n) is 20.0. The maximum atomic E-state index is 14.2. The van der Waals surface area contributed by atoms with Crippen LogP contribution >= 0.6 is 7.60 Å². The minimum absolute atomic E-state index is 0.00565. The van der Waals surface area contributed by atoms with Crippen molar-refractivity contribution < 1.29 is 74.7 Å². The van der Waals surface area contributed by atoms with Crippen molar-refractivity contribution in [2.45, 2.75) is 103 Å². The van der Waals surface area contributed by atoms with E-state index < -0.39 is 79.2 Å². The minimum Gasteiger partial charge on any atom is -0.493 e. The van der Waals surface area contributed by atoms with E-state index in [4.69, 9.17) is 42.2 Å². The van der Waals surface area contributed by atoms with Crippen molar-refractivity contribution in [2.24, 2.45) is 11.8 Å². The zero-order valence-corrected chi connectivity index (χ0v) is 36.9. The Bertz CT molecular complexity index is 1880. The Hall–Kier alpha value is -3.81. The van der Waals surface area contributed by atoms with Crippen LogP contribution in [0.2, 0.25) is 0 Å². The molecule has 2 aliphatic rings. The molecule has 0 aromatic heterocycles. The first-order chi connectivity index (χ1) is 28.5. The zero-order valence-electron chi connectivity index (χ0n) is 35.2. The number of unbranched alkanes of at least 4 members (excludes halogenated alkanes) is 1. The monoisotopic (exact) mass is 886 g/mol. The van der Waals surface area contributed by atoms with Gasteiger partial charge in [-0.15, -0.1) is 0 Å². The quantitative estimate of drug-likeness (QED) is 0.0610. The smallest absolute Gasteiger partial charge is 0.407 e. The summed E-state index contributed by atoms with van der Waals surface area (Å²) in [4.78, 5) is 37.2. The second-order valence-corrected chi connectivity index (χ2v) is 18.7. The molecule has 1 unspecified atom stereocenters. The summed E-state index contributed by atoms with van der Waals surface area (Å²) in [5.74, 6) is -1.36. The summed E-state index contributed by atoms with van der Waals surface area (Å²) in [6.45, 7) is 10.2. The second-order valence-electron chi connectivity index (χ2n) is 14.8. The molecule has 4 rings (SSSR count). The van der Waals surface area contributed by atoms with E-state index in [1.807, 2.05) is 20.8 Å². The van der Waals surface area contributed by atoms with Gasteiger partial charge in [0, 0.05) is 26.1 Å². The fourth-order valence-electron chi connectivity index (χ4n) is 6.49. The van der Waals surface area contributed by atoms with E-state index in [2.05, 4.69) is 5.32 Å². The predicted octanol–water partition coefficient (Wildman–Crippen LogP) is 5.04. The van der Waals surface area contributed by atoms with Crippen LogP contribution in [0, 0.1) is 11.8 Å². The number of nitrogens with one attached hydrogen (secondary N) is 1. The molecule has 0 saturated carbocycles. The Morgan fingerprint density at radius 2 is 1.77 bits per heavy atom. The number of nitrogens with zero attached hydrogens (tertiary/aromatic N) is 1. The Morgan fingerprint density at radius 1 is 1.03 bits per heavy atom. The highest BCUT2D eigenvalue weighted by Crippen LogP contribution is 2.49. The van der Waals surface area contributed by atoms with E-state index >= 15 is 0 Å². The number of hydrogen-bond acceptors (Lipinski definition) is 16. The van der Waals surface area contributed by atoms with Crippen LogP contribution in [-0.4, -0.2) is 119 Å². The molecule has 7 atom stereocenters.